The van der Waals surface area contributed by atoms with E-state index in [4.69, 9.17) is 5.14 Å². The lowest BCUT2D eigenvalue weighted by Gasteiger charge is -2.13. The summed E-state index contributed by atoms with van der Waals surface area (Å²) in [6.45, 7) is 0. The van der Waals surface area contributed by atoms with Crippen LogP contribution in [0.3, 0.4) is 0 Å². The van der Waals surface area contributed by atoms with Crippen molar-refractivity contribution >= 4 is 10.0 Å². The Morgan fingerprint density at radius 3 is 2.22 bits per heavy atom. The predicted molar refractivity (Wildman–Crippen MR) is 89.2 cm³/mol. The van der Waals surface area contributed by atoms with Crippen LogP contribution in [0.4, 0.5) is 17.6 Å². The van der Waals surface area contributed by atoms with Crippen molar-refractivity contribution in [2.75, 3.05) is 0 Å². The van der Waals surface area contributed by atoms with Crippen LogP contribution in [0.2, 0.25) is 0 Å². The van der Waals surface area contributed by atoms with Gasteiger partial charge >= 0.3 is 6.18 Å². The van der Waals surface area contributed by atoms with Crippen LogP contribution >= 0.6 is 0 Å². The highest BCUT2D eigenvalue weighted by Gasteiger charge is 2.35. The van der Waals surface area contributed by atoms with Crippen molar-refractivity contribution in [2.45, 2.75) is 11.1 Å². The summed E-state index contributed by atoms with van der Waals surface area (Å²) in [7, 11) is -4.02. The first-order chi connectivity index (χ1) is 12.6. The third-order valence-corrected chi connectivity index (χ3v) is 4.54. The average Bonchev–Trinajstić information content (AvgIpc) is 2.60. The first-order valence-electron chi connectivity index (χ1n) is 7.39. The van der Waals surface area contributed by atoms with Gasteiger partial charge in [-0.3, -0.25) is 0 Å². The predicted octanol–water partition coefficient (Wildman–Crippen LogP) is 3.62. The summed E-state index contributed by atoms with van der Waals surface area (Å²) in [6.07, 6.45) is -3.84. The Kier molecular flexibility index (Phi) is 4.70. The molecule has 3 aromatic rings. The average molecular weight is 397 g/mol. The van der Waals surface area contributed by atoms with Crippen LogP contribution in [0.1, 0.15) is 5.82 Å². The highest BCUT2D eigenvalue weighted by molar-refractivity contribution is 7.89. The molecule has 0 saturated carbocycles. The standard InChI is InChI=1S/C17H11F4N3O2S/c18-12-6-4-10(5-7-12)15-14(9-23-16(24-15)17(19,20)21)11-2-1-3-13(8-11)27(22,25)26/h1-9H,(H2,22,25,26). The Hall–Kier alpha value is -2.85. The molecule has 0 aliphatic rings. The maximum Gasteiger partial charge on any atom is 0.451 e. The zero-order valence-corrected chi connectivity index (χ0v) is 14.2. The lowest BCUT2D eigenvalue weighted by molar-refractivity contribution is -0.144. The molecule has 10 heteroatoms. The van der Waals surface area contributed by atoms with Crippen LogP contribution in [0.5, 0.6) is 0 Å². The zero-order valence-electron chi connectivity index (χ0n) is 13.4. The Morgan fingerprint density at radius 1 is 0.963 bits per heavy atom. The second-order valence-corrected chi connectivity index (χ2v) is 7.09. The number of aromatic nitrogens is 2. The molecule has 0 saturated heterocycles. The molecule has 0 radical (unpaired) electrons. The molecule has 27 heavy (non-hydrogen) atoms. The van der Waals surface area contributed by atoms with Gasteiger partial charge in [0.15, 0.2) is 0 Å². The monoisotopic (exact) mass is 397 g/mol. The minimum Gasteiger partial charge on any atom is -0.232 e. The molecular formula is C17H11F4N3O2S. The number of hydrogen-bond donors (Lipinski definition) is 1. The third-order valence-electron chi connectivity index (χ3n) is 3.63. The van der Waals surface area contributed by atoms with Crippen LogP contribution in [0.25, 0.3) is 22.4 Å². The van der Waals surface area contributed by atoms with E-state index < -0.39 is 27.8 Å². The van der Waals surface area contributed by atoms with Gasteiger partial charge in [0, 0.05) is 17.3 Å². The molecule has 0 aliphatic heterocycles. The number of halogens is 4. The number of nitrogens with zero attached hydrogens (tertiary/aromatic N) is 2. The molecule has 2 N–H and O–H groups in total. The molecule has 0 spiro atoms. The fourth-order valence-electron chi connectivity index (χ4n) is 2.40. The van der Waals surface area contributed by atoms with Crippen molar-refractivity contribution in [3.8, 4) is 22.4 Å². The Balaban J connectivity index is 2.25. The molecule has 5 nitrogen and oxygen atoms in total. The molecule has 0 unspecified atom stereocenters. The van der Waals surface area contributed by atoms with E-state index in [0.29, 0.717) is 0 Å². The first kappa shape index (κ1) is 18.9. The number of benzene rings is 2. The fraction of sp³-hybridized carbons (Fsp3) is 0.0588. The van der Waals surface area contributed by atoms with Crippen LogP contribution in [0, 0.1) is 5.82 Å². The smallest absolute Gasteiger partial charge is 0.232 e. The van der Waals surface area contributed by atoms with E-state index in [0.717, 1.165) is 18.3 Å². The van der Waals surface area contributed by atoms with Crippen LogP contribution in [-0.2, 0) is 16.2 Å². The molecule has 0 amide bonds. The summed E-state index contributed by atoms with van der Waals surface area (Å²) >= 11 is 0. The van der Waals surface area contributed by atoms with Gasteiger partial charge in [-0.1, -0.05) is 12.1 Å². The molecule has 140 valence electrons. The van der Waals surface area contributed by atoms with Crippen molar-refractivity contribution < 1.29 is 26.0 Å². The lowest BCUT2D eigenvalue weighted by Crippen LogP contribution is -2.13. The van der Waals surface area contributed by atoms with E-state index in [-0.39, 0.29) is 27.3 Å². The molecule has 0 aliphatic carbocycles. The molecule has 1 aromatic heterocycles. The summed E-state index contributed by atoms with van der Waals surface area (Å²) in [5.41, 5.74) is 0.471. The van der Waals surface area contributed by atoms with Gasteiger partial charge in [-0.25, -0.2) is 27.9 Å². The van der Waals surface area contributed by atoms with Gasteiger partial charge in [0.1, 0.15) is 5.82 Å². The van der Waals surface area contributed by atoms with Gasteiger partial charge in [-0.2, -0.15) is 13.2 Å². The SMILES string of the molecule is NS(=O)(=O)c1cccc(-c2cnc(C(F)(F)F)nc2-c2ccc(F)cc2)c1. The maximum absolute atomic E-state index is 13.2. The van der Waals surface area contributed by atoms with Crippen molar-refractivity contribution in [3.63, 3.8) is 0 Å². The maximum atomic E-state index is 13.2. The van der Waals surface area contributed by atoms with E-state index >= 15 is 0 Å². The Bertz CT molecular complexity index is 1100. The molecule has 0 fully saturated rings. The second-order valence-electron chi connectivity index (χ2n) is 5.53. The van der Waals surface area contributed by atoms with E-state index in [2.05, 4.69) is 9.97 Å². The second kappa shape index (κ2) is 6.71. The van der Waals surface area contributed by atoms with E-state index in [1.807, 2.05) is 0 Å². The summed E-state index contributed by atoms with van der Waals surface area (Å²) in [5, 5.41) is 5.10. The van der Waals surface area contributed by atoms with Crippen molar-refractivity contribution in [1.29, 1.82) is 0 Å². The quantitative estimate of drug-likeness (QED) is 0.684. The van der Waals surface area contributed by atoms with Gasteiger partial charge in [0.25, 0.3) is 0 Å². The summed E-state index contributed by atoms with van der Waals surface area (Å²) in [5.74, 6) is -1.94. The van der Waals surface area contributed by atoms with E-state index in [1.165, 1.54) is 36.4 Å². The van der Waals surface area contributed by atoms with E-state index in [1.54, 1.807) is 0 Å². The number of nitrogens with two attached hydrogens (primary N) is 1. The summed E-state index contributed by atoms with van der Waals surface area (Å²) in [6, 6.07) is 10.0. The summed E-state index contributed by atoms with van der Waals surface area (Å²) < 4.78 is 75.4. The number of hydrogen-bond acceptors (Lipinski definition) is 4. The Labute approximate surface area is 151 Å². The highest BCUT2D eigenvalue weighted by atomic mass is 32.2. The largest absolute Gasteiger partial charge is 0.451 e. The minimum absolute atomic E-state index is 0.121. The van der Waals surface area contributed by atoms with Gasteiger partial charge in [-0.05, 0) is 42.0 Å². The molecule has 2 aromatic carbocycles. The van der Waals surface area contributed by atoms with Gasteiger partial charge in [0.05, 0.1) is 10.6 Å². The van der Waals surface area contributed by atoms with Crippen molar-refractivity contribution in [2.24, 2.45) is 5.14 Å². The molecule has 1 heterocycles. The van der Waals surface area contributed by atoms with Crippen molar-refractivity contribution in [3.05, 3.63) is 66.4 Å². The third kappa shape index (κ3) is 4.12. The molecule has 0 bridgehead atoms. The molecular weight excluding hydrogens is 386 g/mol. The summed E-state index contributed by atoms with van der Waals surface area (Å²) in [4.78, 5) is 6.69. The molecule has 0 atom stereocenters. The number of sulfonamides is 1. The highest BCUT2D eigenvalue weighted by Crippen LogP contribution is 2.34. The van der Waals surface area contributed by atoms with Crippen LogP contribution in [0.15, 0.2) is 59.6 Å². The van der Waals surface area contributed by atoms with Crippen LogP contribution < -0.4 is 5.14 Å². The van der Waals surface area contributed by atoms with Crippen LogP contribution in [-0.4, -0.2) is 18.4 Å². The normalized spacial score (nSPS) is 12.2. The fourth-order valence-corrected chi connectivity index (χ4v) is 2.96. The topological polar surface area (TPSA) is 85.9 Å². The van der Waals surface area contributed by atoms with E-state index in [9.17, 15) is 26.0 Å². The zero-order chi connectivity index (χ0) is 19.8. The Morgan fingerprint density at radius 2 is 1.63 bits per heavy atom. The number of primary sulfonamides is 1. The van der Waals surface area contributed by atoms with Gasteiger partial charge in [-0.15, -0.1) is 0 Å². The first-order valence-corrected chi connectivity index (χ1v) is 8.94. The minimum atomic E-state index is -4.78. The number of alkyl halides is 3. The van der Waals surface area contributed by atoms with Gasteiger partial charge in [0.2, 0.25) is 15.8 Å². The van der Waals surface area contributed by atoms with Gasteiger partial charge < -0.3 is 0 Å². The van der Waals surface area contributed by atoms with Crippen molar-refractivity contribution in [1.82, 2.24) is 9.97 Å². The molecule has 3 rings (SSSR count). The lowest BCUT2D eigenvalue weighted by atomic mass is 10.0. The number of rotatable bonds is 3.